The minimum Gasteiger partial charge on any atom is -0.380 e. The van der Waals surface area contributed by atoms with Crippen LogP contribution in [0.2, 0.25) is 0 Å². The Morgan fingerprint density at radius 2 is 1.77 bits per heavy atom. The lowest BCUT2D eigenvalue weighted by atomic mass is 9.90. The van der Waals surface area contributed by atoms with Gasteiger partial charge in [-0.25, -0.2) is 0 Å². The minimum absolute atomic E-state index is 0.670. The van der Waals surface area contributed by atoms with E-state index < -0.39 is 0 Å². The van der Waals surface area contributed by atoms with E-state index in [0.717, 1.165) is 19.1 Å². The summed E-state index contributed by atoms with van der Waals surface area (Å²) in [6.45, 7) is 3.14. The zero-order valence-corrected chi connectivity index (χ0v) is 8.43. The molecule has 2 nitrogen and oxygen atoms in total. The van der Waals surface area contributed by atoms with E-state index in [0.29, 0.717) is 6.04 Å². The maximum Gasteiger partial charge on any atom is 0.0620 e. The molecule has 2 rings (SSSR count). The van der Waals surface area contributed by atoms with E-state index in [-0.39, 0.29) is 0 Å². The van der Waals surface area contributed by atoms with Crippen molar-refractivity contribution in [2.45, 2.75) is 44.6 Å². The van der Waals surface area contributed by atoms with Gasteiger partial charge in [0, 0.05) is 12.6 Å². The van der Waals surface area contributed by atoms with Crippen molar-refractivity contribution >= 4 is 0 Å². The van der Waals surface area contributed by atoms with Crippen LogP contribution in [0.15, 0.2) is 0 Å². The average Bonchev–Trinajstić information content (AvgIpc) is 2.11. The highest BCUT2D eigenvalue weighted by Gasteiger charge is 2.18. The average molecular weight is 183 g/mol. The Hall–Kier alpha value is -0.0800. The second-order valence-corrected chi connectivity index (χ2v) is 4.48. The van der Waals surface area contributed by atoms with Crippen LogP contribution in [0.5, 0.6) is 0 Å². The molecule has 1 saturated carbocycles. The van der Waals surface area contributed by atoms with E-state index >= 15 is 0 Å². The van der Waals surface area contributed by atoms with Crippen molar-refractivity contribution in [2.75, 3.05) is 19.8 Å². The highest BCUT2D eigenvalue weighted by molar-refractivity contribution is 4.76. The molecule has 2 aliphatic rings. The maximum absolute atomic E-state index is 5.71. The zero-order chi connectivity index (χ0) is 8.93. The quantitative estimate of drug-likeness (QED) is 0.719. The van der Waals surface area contributed by atoms with Crippen LogP contribution in [0, 0.1) is 5.92 Å². The summed E-state index contributed by atoms with van der Waals surface area (Å²) in [6, 6.07) is 0.670. The van der Waals surface area contributed by atoms with Crippen molar-refractivity contribution < 1.29 is 4.74 Å². The highest BCUT2D eigenvalue weighted by atomic mass is 16.5. The SMILES string of the molecule is C1CCC(COCC2CCN2)CC1. The van der Waals surface area contributed by atoms with Gasteiger partial charge in [-0.15, -0.1) is 0 Å². The molecule has 2 heteroatoms. The van der Waals surface area contributed by atoms with Gasteiger partial charge in [0.2, 0.25) is 0 Å². The van der Waals surface area contributed by atoms with Crippen molar-refractivity contribution in [3.8, 4) is 0 Å². The standard InChI is InChI=1S/C11H21NO/c1-2-4-10(5-3-1)8-13-9-11-6-7-12-11/h10-12H,1-9H2. The zero-order valence-electron chi connectivity index (χ0n) is 8.43. The van der Waals surface area contributed by atoms with Crippen LogP contribution in [-0.4, -0.2) is 25.8 Å². The van der Waals surface area contributed by atoms with Crippen LogP contribution in [0.1, 0.15) is 38.5 Å². The van der Waals surface area contributed by atoms with Crippen LogP contribution >= 0.6 is 0 Å². The number of nitrogens with one attached hydrogen (secondary N) is 1. The Bertz CT molecular complexity index is 139. The van der Waals surface area contributed by atoms with Gasteiger partial charge in [-0.1, -0.05) is 19.3 Å². The Kier molecular flexibility index (Phi) is 3.62. The van der Waals surface area contributed by atoms with Crippen molar-refractivity contribution in [3.63, 3.8) is 0 Å². The first-order valence-corrected chi connectivity index (χ1v) is 5.76. The van der Waals surface area contributed by atoms with Gasteiger partial charge in [0.25, 0.3) is 0 Å². The summed E-state index contributed by atoms with van der Waals surface area (Å²) in [5.74, 6) is 0.869. The molecule has 2 fully saturated rings. The van der Waals surface area contributed by atoms with Crippen LogP contribution in [-0.2, 0) is 4.74 Å². The van der Waals surface area contributed by atoms with E-state index in [1.165, 1.54) is 45.1 Å². The molecular formula is C11H21NO. The molecule has 0 spiro atoms. The summed E-state index contributed by atoms with van der Waals surface area (Å²) < 4.78 is 5.71. The lowest BCUT2D eigenvalue weighted by molar-refractivity contribution is 0.0565. The van der Waals surface area contributed by atoms with Gasteiger partial charge in [0.05, 0.1) is 6.61 Å². The Balaban J connectivity index is 1.50. The molecule has 1 aliphatic heterocycles. The number of rotatable bonds is 4. The first kappa shape index (κ1) is 9.47. The lowest BCUT2D eigenvalue weighted by Gasteiger charge is -2.28. The summed E-state index contributed by atoms with van der Waals surface area (Å²) in [5.41, 5.74) is 0. The molecule has 0 aromatic heterocycles. The molecule has 1 atom stereocenters. The Morgan fingerprint density at radius 3 is 2.38 bits per heavy atom. The van der Waals surface area contributed by atoms with Crippen molar-refractivity contribution in [1.82, 2.24) is 5.32 Å². The second-order valence-electron chi connectivity index (χ2n) is 4.48. The molecule has 1 N–H and O–H groups in total. The molecule has 0 aromatic rings. The van der Waals surface area contributed by atoms with Crippen LogP contribution in [0.4, 0.5) is 0 Å². The fourth-order valence-corrected chi connectivity index (χ4v) is 2.22. The second kappa shape index (κ2) is 4.97. The van der Waals surface area contributed by atoms with Gasteiger partial charge in [-0.3, -0.25) is 0 Å². The first-order valence-electron chi connectivity index (χ1n) is 5.76. The summed E-state index contributed by atoms with van der Waals surface area (Å²) >= 11 is 0. The number of hydrogen-bond donors (Lipinski definition) is 1. The number of hydrogen-bond acceptors (Lipinski definition) is 2. The monoisotopic (exact) mass is 183 g/mol. The molecule has 13 heavy (non-hydrogen) atoms. The van der Waals surface area contributed by atoms with Gasteiger partial charge in [-0.05, 0) is 31.7 Å². The molecular weight excluding hydrogens is 162 g/mol. The summed E-state index contributed by atoms with van der Waals surface area (Å²) in [7, 11) is 0. The third-order valence-electron chi connectivity index (χ3n) is 3.32. The minimum atomic E-state index is 0.670. The normalized spacial score (nSPS) is 30.0. The van der Waals surface area contributed by atoms with Gasteiger partial charge in [0.1, 0.15) is 0 Å². The maximum atomic E-state index is 5.71. The molecule has 0 bridgehead atoms. The van der Waals surface area contributed by atoms with Crippen LogP contribution in [0.3, 0.4) is 0 Å². The van der Waals surface area contributed by atoms with Crippen molar-refractivity contribution in [2.24, 2.45) is 5.92 Å². The van der Waals surface area contributed by atoms with E-state index in [2.05, 4.69) is 5.32 Å². The predicted molar refractivity (Wildman–Crippen MR) is 53.8 cm³/mol. The third kappa shape index (κ3) is 2.96. The Labute approximate surface area is 81.0 Å². The van der Waals surface area contributed by atoms with Gasteiger partial charge in [-0.2, -0.15) is 0 Å². The molecule has 1 aliphatic carbocycles. The first-order chi connectivity index (χ1) is 6.45. The number of ether oxygens (including phenoxy) is 1. The molecule has 0 amide bonds. The summed E-state index contributed by atoms with van der Waals surface area (Å²) in [6.07, 6.45) is 8.41. The molecule has 1 saturated heterocycles. The van der Waals surface area contributed by atoms with Crippen LogP contribution in [0.25, 0.3) is 0 Å². The predicted octanol–water partition coefficient (Wildman–Crippen LogP) is 1.95. The summed E-state index contributed by atoms with van der Waals surface area (Å²) in [4.78, 5) is 0. The van der Waals surface area contributed by atoms with E-state index in [9.17, 15) is 0 Å². The Morgan fingerprint density at radius 1 is 1.00 bits per heavy atom. The lowest BCUT2D eigenvalue weighted by Crippen LogP contribution is -2.46. The van der Waals surface area contributed by atoms with Crippen molar-refractivity contribution in [1.29, 1.82) is 0 Å². The van der Waals surface area contributed by atoms with Gasteiger partial charge in [0.15, 0.2) is 0 Å². The van der Waals surface area contributed by atoms with Crippen molar-refractivity contribution in [3.05, 3.63) is 0 Å². The van der Waals surface area contributed by atoms with Crippen LogP contribution < -0.4 is 5.32 Å². The highest BCUT2D eigenvalue weighted by Crippen LogP contribution is 2.23. The molecule has 1 heterocycles. The molecule has 0 aromatic carbocycles. The fraction of sp³-hybridized carbons (Fsp3) is 1.00. The molecule has 1 unspecified atom stereocenters. The van der Waals surface area contributed by atoms with E-state index in [1.54, 1.807) is 0 Å². The molecule has 76 valence electrons. The van der Waals surface area contributed by atoms with Gasteiger partial charge < -0.3 is 10.1 Å². The third-order valence-corrected chi connectivity index (χ3v) is 3.32. The smallest absolute Gasteiger partial charge is 0.0620 e. The largest absolute Gasteiger partial charge is 0.380 e. The van der Waals surface area contributed by atoms with E-state index in [4.69, 9.17) is 4.74 Å². The summed E-state index contributed by atoms with van der Waals surface area (Å²) in [5, 5.41) is 3.36. The topological polar surface area (TPSA) is 21.3 Å². The molecule has 0 radical (unpaired) electrons. The fourth-order valence-electron chi connectivity index (χ4n) is 2.22. The van der Waals surface area contributed by atoms with E-state index in [1.807, 2.05) is 0 Å². The van der Waals surface area contributed by atoms with Gasteiger partial charge >= 0.3 is 0 Å².